The number of amides is 4. The quantitative estimate of drug-likeness (QED) is 0.755. The van der Waals surface area contributed by atoms with Crippen LogP contribution in [0.5, 0.6) is 0 Å². The number of benzene rings is 1. The summed E-state index contributed by atoms with van der Waals surface area (Å²) in [4.78, 5) is 38.7. The van der Waals surface area contributed by atoms with Gasteiger partial charge in [-0.05, 0) is 44.1 Å². The van der Waals surface area contributed by atoms with E-state index in [0.29, 0.717) is 6.42 Å². The van der Waals surface area contributed by atoms with Crippen molar-refractivity contribution < 1.29 is 14.4 Å². The van der Waals surface area contributed by atoms with E-state index in [-0.39, 0.29) is 30.3 Å². The second-order valence-corrected chi connectivity index (χ2v) is 7.93. The van der Waals surface area contributed by atoms with Crippen LogP contribution in [-0.4, -0.2) is 40.9 Å². The van der Waals surface area contributed by atoms with Gasteiger partial charge in [-0.1, -0.05) is 50.1 Å². The van der Waals surface area contributed by atoms with E-state index in [0.717, 1.165) is 37.0 Å². The summed E-state index contributed by atoms with van der Waals surface area (Å²) in [5.74, 6) is -0.438. The molecule has 2 fully saturated rings. The summed E-state index contributed by atoms with van der Waals surface area (Å²) in [6.07, 6.45) is 5.24. The van der Waals surface area contributed by atoms with Crippen LogP contribution in [-0.2, 0) is 16.0 Å². The van der Waals surface area contributed by atoms with Gasteiger partial charge in [0.2, 0.25) is 5.91 Å². The number of nitrogens with zero attached hydrogens (tertiary/aromatic N) is 1. The van der Waals surface area contributed by atoms with Crippen molar-refractivity contribution in [1.82, 2.24) is 15.5 Å². The molecule has 1 saturated carbocycles. The topological polar surface area (TPSA) is 78.5 Å². The Balaban J connectivity index is 1.53. The molecular formula is C21H29N3O3. The number of nitrogens with one attached hydrogen (secondary N) is 2. The summed E-state index contributed by atoms with van der Waals surface area (Å²) in [7, 11) is 0. The number of hydrogen-bond donors (Lipinski definition) is 2. The number of carbonyl (C=O) groups excluding carboxylic acids is 3. The van der Waals surface area contributed by atoms with Gasteiger partial charge in [0.1, 0.15) is 12.1 Å². The van der Waals surface area contributed by atoms with Gasteiger partial charge in [0.25, 0.3) is 5.91 Å². The van der Waals surface area contributed by atoms with Crippen molar-refractivity contribution >= 4 is 17.8 Å². The monoisotopic (exact) mass is 371 g/mol. The third-order valence-corrected chi connectivity index (χ3v) is 5.92. The van der Waals surface area contributed by atoms with Gasteiger partial charge >= 0.3 is 6.03 Å². The highest BCUT2D eigenvalue weighted by molar-refractivity contribution is 6.09. The Kier molecular flexibility index (Phi) is 5.82. The smallest absolute Gasteiger partial charge is 0.325 e. The first kappa shape index (κ1) is 19.4. The molecule has 146 valence electrons. The van der Waals surface area contributed by atoms with Crippen molar-refractivity contribution in [2.24, 2.45) is 5.92 Å². The molecule has 0 bridgehead atoms. The summed E-state index contributed by atoms with van der Waals surface area (Å²) in [6.45, 7) is 3.73. The van der Waals surface area contributed by atoms with E-state index in [1.54, 1.807) is 0 Å². The number of imide groups is 1. The minimum Gasteiger partial charge on any atom is -0.352 e. The first-order valence-electron chi connectivity index (χ1n) is 9.90. The first-order chi connectivity index (χ1) is 12.9. The maximum absolute atomic E-state index is 12.9. The molecule has 1 aromatic carbocycles. The number of carbonyl (C=O) groups is 3. The van der Waals surface area contributed by atoms with Gasteiger partial charge in [-0.15, -0.1) is 0 Å². The Morgan fingerprint density at radius 3 is 2.74 bits per heavy atom. The molecule has 6 heteroatoms. The van der Waals surface area contributed by atoms with Crippen LogP contribution in [0.25, 0.3) is 0 Å². The highest BCUT2D eigenvalue weighted by atomic mass is 16.2. The molecule has 4 amide bonds. The number of urea groups is 1. The Bertz CT molecular complexity index is 706. The molecule has 1 aliphatic carbocycles. The minimum atomic E-state index is -0.811. The molecular weight excluding hydrogens is 342 g/mol. The molecule has 27 heavy (non-hydrogen) atoms. The molecule has 6 nitrogen and oxygen atoms in total. The average molecular weight is 371 g/mol. The van der Waals surface area contributed by atoms with Crippen LogP contribution in [0.1, 0.15) is 51.5 Å². The van der Waals surface area contributed by atoms with Gasteiger partial charge in [-0.25, -0.2) is 4.79 Å². The summed E-state index contributed by atoms with van der Waals surface area (Å²) in [6, 6.07) is 9.63. The van der Waals surface area contributed by atoms with Crippen molar-refractivity contribution in [1.29, 1.82) is 0 Å². The van der Waals surface area contributed by atoms with Crippen LogP contribution in [0.2, 0.25) is 0 Å². The second-order valence-electron chi connectivity index (χ2n) is 7.93. The largest absolute Gasteiger partial charge is 0.352 e. The van der Waals surface area contributed by atoms with Gasteiger partial charge in [-0.3, -0.25) is 14.5 Å². The van der Waals surface area contributed by atoms with Gasteiger partial charge in [0.05, 0.1) is 0 Å². The Hall–Kier alpha value is -2.37. The van der Waals surface area contributed by atoms with Crippen molar-refractivity contribution in [2.75, 3.05) is 6.54 Å². The van der Waals surface area contributed by atoms with Gasteiger partial charge < -0.3 is 10.6 Å². The third-order valence-electron chi connectivity index (χ3n) is 5.92. The lowest BCUT2D eigenvalue weighted by atomic mass is 9.73. The van der Waals surface area contributed by atoms with E-state index in [9.17, 15) is 14.4 Å². The fourth-order valence-corrected chi connectivity index (χ4v) is 4.20. The first-order valence-corrected chi connectivity index (χ1v) is 9.90. The lowest BCUT2D eigenvalue weighted by Gasteiger charge is -2.36. The maximum Gasteiger partial charge on any atom is 0.325 e. The van der Waals surface area contributed by atoms with Crippen molar-refractivity contribution in [3.63, 3.8) is 0 Å². The zero-order chi connectivity index (χ0) is 19.4. The summed E-state index contributed by atoms with van der Waals surface area (Å²) in [5.41, 5.74) is 0.412. The van der Waals surface area contributed by atoms with E-state index in [2.05, 4.69) is 22.8 Å². The van der Waals surface area contributed by atoms with Gasteiger partial charge in [0.15, 0.2) is 0 Å². The van der Waals surface area contributed by atoms with Crippen LogP contribution in [0.15, 0.2) is 30.3 Å². The lowest BCUT2D eigenvalue weighted by Crippen LogP contribution is -2.54. The Morgan fingerprint density at radius 1 is 1.30 bits per heavy atom. The van der Waals surface area contributed by atoms with E-state index >= 15 is 0 Å². The Labute approximate surface area is 160 Å². The maximum atomic E-state index is 12.9. The van der Waals surface area contributed by atoms with Crippen LogP contribution in [0.4, 0.5) is 4.79 Å². The number of hydrogen-bond acceptors (Lipinski definition) is 3. The predicted octanol–water partition coefficient (Wildman–Crippen LogP) is 2.62. The third kappa shape index (κ3) is 4.15. The van der Waals surface area contributed by atoms with Crippen molar-refractivity contribution in [3.8, 4) is 0 Å². The van der Waals surface area contributed by atoms with Crippen LogP contribution in [0, 0.1) is 5.92 Å². The normalized spacial score (nSPS) is 26.1. The molecule has 1 heterocycles. The van der Waals surface area contributed by atoms with Gasteiger partial charge in [-0.2, -0.15) is 0 Å². The molecule has 0 aromatic heterocycles. The fraction of sp³-hybridized carbons (Fsp3) is 0.571. The summed E-state index contributed by atoms with van der Waals surface area (Å²) in [5, 5.41) is 5.79. The zero-order valence-electron chi connectivity index (χ0n) is 16.2. The summed E-state index contributed by atoms with van der Waals surface area (Å²) >= 11 is 0. The molecule has 2 N–H and O–H groups in total. The van der Waals surface area contributed by atoms with E-state index in [4.69, 9.17) is 0 Å². The summed E-state index contributed by atoms with van der Waals surface area (Å²) < 4.78 is 0. The SMILES string of the molecule is C[C@H](CCc1ccccc1)NC(=O)CN1C(=O)N[C@]2(CCCC[C@H]2C)C1=O. The molecule has 0 unspecified atom stereocenters. The highest BCUT2D eigenvalue weighted by Crippen LogP contribution is 2.38. The molecule has 3 rings (SSSR count). The van der Waals surface area contributed by atoms with Crippen LogP contribution in [0.3, 0.4) is 0 Å². The Morgan fingerprint density at radius 2 is 2.04 bits per heavy atom. The molecule has 1 saturated heterocycles. The average Bonchev–Trinajstić information content (AvgIpc) is 2.88. The molecule has 3 atom stereocenters. The molecule has 1 spiro atoms. The molecule has 2 aliphatic rings. The van der Waals surface area contributed by atoms with E-state index in [1.165, 1.54) is 5.56 Å². The van der Waals surface area contributed by atoms with Gasteiger partial charge in [0, 0.05) is 6.04 Å². The predicted molar refractivity (Wildman–Crippen MR) is 103 cm³/mol. The highest BCUT2D eigenvalue weighted by Gasteiger charge is 2.55. The van der Waals surface area contributed by atoms with Crippen LogP contribution < -0.4 is 10.6 Å². The zero-order valence-corrected chi connectivity index (χ0v) is 16.2. The number of aryl methyl sites for hydroxylation is 1. The van der Waals surface area contributed by atoms with E-state index < -0.39 is 11.6 Å². The minimum absolute atomic E-state index is 0.0268. The molecule has 1 aromatic rings. The lowest BCUT2D eigenvalue weighted by molar-refractivity contribution is -0.137. The number of rotatable bonds is 6. The van der Waals surface area contributed by atoms with Crippen molar-refractivity contribution in [3.05, 3.63) is 35.9 Å². The van der Waals surface area contributed by atoms with Crippen molar-refractivity contribution in [2.45, 2.75) is 64.0 Å². The standard InChI is InChI=1S/C21H29N3O3/c1-15-8-6-7-13-21(15)19(26)24(20(27)23-21)14-18(25)22-16(2)11-12-17-9-4-3-5-10-17/h3-5,9-10,15-16H,6-8,11-14H2,1-2H3,(H,22,25)(H,23,27)/t15-,16-,21+/m1/s1. The molecule has 1 aliphatic heterocycles. The van der Waals surface area contributed by atoms with E-state index in [1.807, 2.05) is 32.0 Å². The fourth-order valence-electron chi connectivity index (χ4n) is 4.20. The molecule has 0 radical (unpaired) electrons. The van der Waals surface area contributed by atoms with Crippen LogP contribution >= 0.6 is 0 Å². The second kappa shape index (κ2) is 8.11.